The van der Waals surface area contributed by atoms with E-state index in [2.05, 4.69) is 15.5 Å². The average molecular weight is 469 g/mol. The van der Waals surface area contributed by atoms with E-state index in [-0.39, 0.29) is 17.2 Å². The second kappa shape index (κ2) is 9.07. The van der Waals surface area contributed by atoms with Crippen molar-refractivity contribution in [2.45, 2.75) is 19.4 Å². The number of carbonyl (C=O) groups is 1. The van der Waals surface area contributed by atoms with Crippen molar-refractivity contribution in [3.8, 4) is 10.6 Å². The van der Waals surface area contributed by atoms with Gasteiger partial charge in [-0.3, -0.25) is 14.4 Å². The van der Waals surface area contributed by atoms with Gasteiger partial charge in [0, 0.05) is 10.6 Å². The monoisotopic (exact) mass is 468 g/mol. The number of anilines is 2. The Labute approximate surface area is 182 Å². The number of rotatable bonds is 7. The molecule has 7 nitrogen and oxygen atoms in total. The van der Waals surface area contributed by atoms with Crippen LogP contribution < -0.4 is 9.62 Å². The first-order chi connectivity index (χ1) is 14.2. The van der Waals surface area contributed by atoms with E-state index < -0.39 is 27.8 Å². The fourth-order valence-electron chi connectivity index (χ4n) is 2.84. The highest BCUT2D eigenvalue weighted by molar-refractivity contribution is 7.92. The van der Waals surface area contributed by atoms with Crippen molar-refractivity contribution in [2.24, 2.45) is 0 Å². The van der Waals surface area contributed by atoms with Crippen LogP contribution in [-0.4, -0.2) is 36.8 Å². The highest BCUT2D eigenvalue weighted by Gasteiger charge is 2.33. The van der Waals surface area contributed by atoms with Crippen LogP contribution in [-0.2, 0) is 14.8 Å². The van der Waals surface area contributed by atoms with E-state index >= 15 is 0 Å². The maximum absolute atomic E-state index is 14.3. The van der Waals surface area contributed by atoms with Crippen molar-refractivity contribution in [1.82, 2.24) is 10.2 Å². The zero-order valence-electron chi connectivity index (χ0n) is 16.0. The molecule has 0 saturated carbocycles. The van der Waals surface area contributed by atoms with Gasteiger partial charge in [0.2, 0.25) is 21.1 Å². The summed E-state index contributed by atoms with van der Waals surface area (Å²) in [6.45, 7) is 1.64. The molecule has 1 heterocycles. The molecule has 1 unspecified atom stereocenters. The third kappa shape index (κ3) is 4.94. The van der Waals surface area contributed by atoms with Gasteiger partial charge >= 0.3 is 0 Å². The summed E-state index contributed by atoms with van der Waals surface area (Å²) in [5, 5.41) is 11.9. The average Bonchev–Trinajstić information content (AvgIpc) is 3.14. The fraction of sp³-hybridized carbons (Fsp3) is 0.211. The zero-order valence-corrected chi connectivity index (χ0v) is 18.4. The van der Waals surface area contributed by atoms with E-state index in [0.29, 0.717) is 10.0 Å². The SMILES string of the molecule is CCC(C(=O)Nc1nnc(-c2ccc(Cl)cc2)s1)N(c1ccccc1F)S(C)(=O)=O. The van der Waals surface area contributed by atoms with Gasteiger partial charge in [-0.1, -0.05) is 54.1 Å². The fourth-order valence-corrected chi connectivity index (χ4v) is 4.93. The standard InChI is InChI=1S/C19H18ClFN4O3S2/c1-3-15(25(30(2,27)28)16-7-5-4-6-14(16)21)17(26)22-19-24-23-18(29-19)12-8-10-13(20)11-9-12/h4-11,15H,3H2,1-2H3,(H,22,24,26). The molecule has 3 rings (SSSR count). The lowest BCUT2D eigenvalue weighted by molar-refractivity contribution is -0.117. The Morgan fingerprint density at radius 3 is 2.47 bits per heavy atom. The van der Waals surface area contributed by atoms with Crippen LogP contribution in [0.5, 0.6) is 0 Å². The van der Waals surface area contributed by atoms with Gasteiger partial charge in [0.1, 0.15) is 16.9 Å². The molecule has 0 saturated heterocycles. The van der Waals surface area contributed by atoms with E-state index in [1.54, 1.807) is 31.2 Å². The van der Waals surface area contributed by atoms with Gasteiger partial charge in [0.15, 0.2) is 0 Å². The molecule has 0 spiro atoms. The van der Waals surface area contributed by atoms with Gasteiger partial charge in [0.05, 0.1) is 11.9 Å². The lowest BCUT2D eigenvalue weighted by Gasteiger charge is -2.29. The minimum absolute atomic E-state index is 0.121. The number of para-hydroxylation sites is 1. The Kier molecular flexibility index (Phi) is 6.69. The number of halogens is 2. The van der Waals surface area contributed by atoms with Crippen molar-refractivity contribution in [3.63, 3.8) is 0 Å². The van der Waals surface area contributed by atoms with E-state index in [1.165, 1.54) is 18.2 Å². The summed E-state index contributed by atoms with van der Waals surface area (Å²) in [4.78, 5) is 12.9. The van der Waals surface area contributed by atoms with E-state index in [1.807, 2.05) is 0 Å². The second-order valence-electron chi connectivity index (χ2n) is 6.34. The number of hydrogen-bond acceptors (Lipinski definition) is 6. The molecule has 0 aliphatic heterocycles. The summed E-state index contributed by atoms with van der Waals surface area (Å²) >= 11 is 7.01. The van der Waals surface area contributed by atoms with Gasteiger partial charge < -0.3 is 0 Å². The topological polar surface area (TPSA) is 92.3 Å². The first-order valence-corrected chi connectivity index (χ1v) is 11.9. The summed E-state index contributed by atoms with van der Waals surface area (Å²) in [7, 11) is -3.94. The summed E-state index contributed by atoms with van der Waals surface area (Å²) in [6, 6.07) is 11.2. The summed E-state index contributed by atoms with van der Waals surface area (Å²) in [6.07, 6.45) is 1.05. The van der Waals surface area contributed by atoms with Crippen LogP contribution in [0.1, 0.15) is 13.3 Å². The summed E-state index contributed by atoms with van der Waals surface area (Å²) in [5.74, 6) is -1.37. The molecule has 158 valence electrons. The third-order valence-electron chi connectivity index (χ3n) is 4.17. The Bertz CT molecular complexity index is 1150. The predicted molar refractivity (Wildman–Crippen MR) is 117 cm³/mol. The van der Waals surface area contributed by atoms with Crippen molar-refractivity contribution >= 4 is 49.7 Å². The number of aromatic nitrogens is 2. The normalized spacial score (nSPS) is 12.4. The smallest absolute Gasteiger partial charge is 0.250 e. The quantitative estimate of drug-likeness (QED) is 0.561. The minimum Gasteiger partial charge on any atom is -0.299 e. The summed E-state index contributed by atoms with van der Waals surface area (Å²) in [5.41, 5.74) is 0.578. The Morgan fingerprint density at radius 1 is 1.20 bits per heavy atom. The Balaban J connectivity index is 1.87. The molecule has 0 aliphatic rings. The van der Waals surface area contributed by atoms with Crippen LogP contribution in [0.25, 0.3) is 10.6 Å². The summed E-state index contributed by atoms with van der Waals surface area (Å²) < 4.78 is 39.9. The van der Waals surface area contributed by atoms with Gasteiger partial charge in [0.25, 0.3) is 0 Å². The maximum atomic E-state index is 14.3. The molecule has 0 bridgehead atoms. The molecule has 1 aromatic heterocycles. The largest absolute Gasteiger partial charge is 0.299 e. The van der Waals surface area contributed by atoms with Gasteiger partial charge in [-0.2, -0.15) is 0 Å². The molecule has 11 heteroatoms. The number of hydrogen-bond donors (Lipinski definition) is 1. The van der Waals surface area contributed by atoms with Crippen molar-refractivity contribution < 1.29 is 17.6 Å². The number of nitrogens with zero attached hydrogens (tertiary/aromatic N) is 3. The molecule has 0 aliphatic carbocycles. The molecule has 0 radical (unpaired) electrons. The number of sulfonamides is 1. The highest BCUT2D eigenvalue weighted by atomic mass is 35.5. The first kappa shape index (κ1) is 22.1. The molecular weight excluding hydrogens is 451 g/mol. The van der Waals surface area contributed by atoms with Crippen molar-refractivity contribution in [2.75, 3.05) is 15.9 Å². The molecule has 0 fully saturated rings. The van der Waals surface area contributed by atoms with Crippen LogP contribution in [0.15, 0.2) is 48.5 Å². The van der Waals surface area contributed by atoms with E-state index in [0.717, 1.165) is 33.5 Å². The maximum Gasteiger partial charge on any atom is 0.250 e. The third-order valence-corrected chi connectivity index (χ3v) is 6.47. The molecule has 1 N–H and O–H groups in total. The Morgan fingerprint density at radius 2 is 1.87 bits per heavy atom. The van der Waals surface area contributed by atoms with Crippen LogP contribution in [0.3, 0.4) is 0 Å². The van der Waals surface area contributed by atoms with E-state index in [9.17, 15) is 17.6 Å². The molecule has 3 aromatic rings. The van der Waals surface area contributed by atoms with Crippen molar-refractivity contribution in [1.29, 1.82) is 0 Å². The van der Waals surface area contributed by atoms with Crippen molar-refractivity contribution in [3.05, 3.63) is 59.4 Å². The van der Waals surface area contributed by atoms with E-state index in [4.69, 9.17) is 11.6 Å². The highest BCUT2D eigenvalue weighted by Crippen LogP contribution is 2.29. The zero-order chi connectivity index (χ0) is 21.9. The van der Waals surface area contributed by atoms with Crippen LogP contribution in [0, 0.1) is 5.82 Å². The molecular formula is C19H18ClFN4O3S2. The lowest BCUT2D eigenvalue weighted by atomic mass is 10.2. The van der Waals surface area contributed by atoms with Gasteiger partial charge in [-0.15, -0.1) is 10.2 Å². The molecule has 2 aromatic carbocycles. The van der Waals surface area contributed by atoms with Crippen LogP contribution in [0.2, 0.25) is 5.02 Å². The lowest BCUT2D eigenvalue weighted by Crippen LogP contribution is -2.47. The molecule has 1 atom stereocenters. The van der Waals surface area contributed by atoms with Crippen LogP contribution >= 0.6 is 22.9 Å². The van der Waals surface area contributed by atoms with Gasteiger partial charge in [-0.25, -0.2) is 12.8 Å². The minimum atomic E-state index is -3.94. The molecule has 30 heavy (non-hydrogen) atoms. The number of nitrogens with one attached hydrogen (secondary N) is 1. The predicted octanol–water partition coefficient (Wildman–Crippen LogP) is 4.18. The molecule has 1 amide bonds. The van der Waals surface area contributed by atoms with Crippen LogP contribution in [0.4, 0.5) is 15.2 Å². The number of benzene rings is 2. The first-order valence-electron chi connectivity index (χ1n) is 8.85. The second-order valence-corrected chi connectivity index (χ2v) is 9.62. The van der Waals surface area contributed by atoms with Gasteiger partial charge in [-0.05, 0) is 30.7 Å². The number of carbonyl (C=O) groups excluding carboxylic acids is 1. The number of amides is 1. The Hall–Kier alpha value is -2.56.